The van der Waals surface area contributed by atoms with Gasteiger partial charge in [-0.2, -0.15) is 0 Å². The Morgan fingerprint density at radius 1 is 0.352 bits per heavy atom. The molecule has 0 bridgehead atoms. The Morgan fingerprint density at radius 2 is 0.648 bits per heavy atom. The fraction of sp³-hybridized carbons (Fsp3) is 0.408. The predicted molar refractivity (Wildman–Crippen MR) is 521 cm³/mol. The molecule has 0 aromatic heterocycles. The number of nitrogens with two attached hydrogens (primary N) is 1. The molecule has 1 aliphatic rings. The third-order valence-electron chi connectivity index (χ3n) is 22.1. The number of carboxylic acids is 2. The van der Waals surface area contributed by atoms with Gasteiger partial charge in [-0.25, -0.2) is 38.5 Å². The van der Waals surface area contributed by atoms with Crippen molar-refractivity contribution < 1.29 is 72.7 Å². The van der Waals surface area contributed by atoms with E-state index in [2.05, 4.69) is 10.6 Å². The van der Waals surface area contributed by atoms with Crippen molar-refractivity contribution in [3.8, 4) is 0 Å². The molecule has 1 atom stereocenters. The summed E-state index contributed by atoms with van der Waals surface area (Å²) in [4.78, 5) is 79.8. The summed E-state index contributed by atoms with van der Waals surface area (Å²) in [6.45, 7) is 0.666. The van der Waals surface area contributed by atoms with Gasteiger partial charge in [0.05, 0.1) is 42.6 Å². The second kappa shape index (κ2) is 50.7. The SMILES string of the molecule is CN(C)C(=O)CCCCCCS(=O)(=O)c1cccc2c(N(C)C)cccc12.CN(C)c1cccc2c(S(=O)(=O)CCCCCCC(=O)O)cccc12.CN(C)c1cccc2c(S(=O)(=O)CCCCCCC(=O)c3cccc(Cl)c3)cccc12.CN(C)c1cccc2c(S(=O)(=O)CCCCCCC3(c4cccc(Cl)c4)NC(=O)NC3=O)cccc12.NCCCCCC(=O)O. The lowest BCUT2D eigenvalue weighted by molar-refractivity contribution is -0.138. The van der Waals surface area contributed by atoms with Crippen LogP contribution in [0.25, 0.3) is 43.1 Å². The van der Waals surface area contributed by atoms with Crippen LogP contribution in [0.15, 0.2) is 214 Å². The van der Waals surface area contributed by atoms with Crippen molar-refractivity contribution in [1.29, 1.82) is 0 Å². The monoisotopic (exact) mass is 1870 g/mol. The molecule has 24 nitrogen and oxygen atoms in total. The van der Waals surface area contributed by atoms with Crippen LogP contribution in [-0.2, 0) is 64.1 Å². The van der Waals surface area contributed by atoms with Gasteiger partial charge in [0.15, 0.2) is 45.1 Å². The van der Waals surface area contributed by atoms with Gasteiger partial charge in [0.2, 0.25) is 5.91 Å². The molecule has 1 saturated heterocycles. The first kappa shape index (κ1) is 105. The van der Waals surface area contributed by atoms with Gasteiger partial charge >= 0.3 is 18.0 Å². The molecule has 0 radical (unpaired) electrons. The Labute approximate surface area is 766 Å². The van der Waals surface area contributed by atoms with Gasteiger partial charge in [0.1, 0.15) is 5.54 Å². The lowest BCUT2D eigenvalue weighted by Crippen LogP contribution is -2.43. The van der Waals surface area contributed by atoms with Crippen LogP contribution in [0.4, 0.5) is 27.5 Å². The largest absolute Gasteiger partial charge is 0.481 e. The van der Waals surface area contributed by atoms with Crippen molar-refractivity contribution in [2.45, 2.75) is 179 Å². The highest BCUT2D eigenvalue weighted by Gasteiger charge is 2.47. The van der Waals surface area contributed by atoms with Crippen LogP contribution >= 0.6 is 23.2 Å². The maximum Gasteiger partial charge on any atom is 0.322 e. The molecular formula is C98H126Cl2N8O16S4. The number of fused-ring (bicyclic) bond motifs is 4. The molecule has 30 heteroatoms. The van der Waals surface area contributed by atoms with Gasteiger partial charge in [0.25, 0.3) is 5.91 Å². The molecule has 1 fully saturated rings. The summed E-state index contributed by atoms with van der Waals surface area (Å²) in [5.74, 6) is -1.34. The topological polar surface area (TPSA) is 346 Å². The number of sulfone groups is 4. The first-order valence-corrected chi connectivity index (χ1v) is 50.8. The Balaban J connectivity index is 0.000000228. The van der Waals surface area contributed by atoms with Crippen LogP contribution in [0.5, 0.6) is 0 Å². The van der Waals surface area contributed by atoms with Crippen molar-refractivity contribution in [2.24, 2.45) is 5.73 Å². The number of hydrogen-bond acceptors (Lipinski definition) is 19. The Kier molecular flexibility index (Phi) is 41.5. The highest BCUT2D eigenvalue weighted by atomic mass is 35.5. The van der Waals surface area contributed by atoms with Crippen molar-refractivity contribution in [1.82, 2.24) is 15.5 Å². The summed E-state index contributed by atoms with van der Waals surface area (Å²) in [5, 5.41) is 29.7. The number of rotatable bonds is 43. The molecule has 10 aromatic rings. The van der Waals surface area contributed by atoms with Gasteiger partial charge in [-0.15, -0.1) is 0 Å². The second-order valence-electron chi connectivity index (χ2n) is 33.0. The van der Waals surface area contributed by atoms with Crippen molar-refractivity contribution in [2.75, 3.05) is 120 Å². The normalized spacial score (nSPS) is 13.2. The molecule has 11 rings (SSSR count). The van der Waals surface area contributed by atoms with Crippen molar-refractivity contribution in [3.05, 3.63) is 215 Å². The zero-order valence-corrected chi connectivity index (χ0v) is 80.1. The number of hydrogen-bond donors (Lipinski definition) is 5. The van der Waals surface area contributed by atoms with E-state index in [1.54, 1.807) is 104 Å². The first-order valence-electron chi connectivity index (χ1n) is 43.5. The summed E-state index contributed by atoms with van der Waals surface area (Å²) in [6.07, 6.45) is 15.6. The maximum atomic E-state index is 13.2. The minimum absolute atomic E-state index is 0.0506. The molecule has 1 heterocycles. The number of urea groups is 1. The van der Waals surface area contributed by atoms with Crippen LogP contribution in [0, 0.1) is 0 Å². The minimum Gasteiger partial charge on any atom is -0.481 e. The molecule has 1 unspecified atom stereocenters. The smallest absolute Gasteiger partial charge is 0.322 e. The number of nitrogens with zero attached hydrogens (tertiary/aromatic N) is 5. The van der Waals surface area contributed by atoms with E-state index in [1.165, 1.54) is 0 Å². The summed E-state index contributed by atoms with van der Waals surface area (Å²) in [5.41, 5.74) is 9.26. The quantitative estimate of drug-likeness (QED) is 0.0135. The lowest BCUT2D eigenvalue weighted by atomic mass is 9.84. The number of aliphatic carboxylic acids is 2. The van der Waals surface area contributed by atoms with Gasteiger partial charge in [-0.1, -0.05) is 209 Å². The summed E-state index contributed by atoms with van der Waals surface area (Å²) < 4.78 is 104. The molecule has 4 amide bonds. The number of ketones is 1. The average Bonchev–Trinajstić information content (AvgIpc) is 1.79. The third kappa shape index (κ3) is 31.0. The third-order valence-corrected chi connectivity index (χ3v) is 30.0. The first-order chi connectivity index (χ1) is 60.8. The van der Waals surface area contributed by atoms with Gasteiger partial charge < -0.3 is 45.8 Å². The molecule has 0 aliphatic carbocycles. The van der Waals surface area contributed by atoms with Crippen LogP contribution < -0.4 is 36.0 Å². The highest BCUT2D eigenvalue weighted by molar-refractivity contribution is 7.92. The number of carboxylic acid groups (broad SMARTS) is 2. The Morgan fingerprint density at radius 3 is 0.961 bits per heavy atom. The Hall–Kier alpha value is -10.2. The summed E-state index contributed by atoms with van der Waals surface area (Å²) in [6, 6.07) is 58.0. The highest BCUT2D eigenvalue weighted by Crippen LogP contribution is 2.38. The average molecular weight is 1870 g/mol. The fourth-order valence-corrected chi connectivity index (χ4v) is 22.1. The van der Waals surface area contributed by atoms with E-state index in [0.29, 0.717) is 112 Å². The minimum atomic E-state index is -3.46. The van der Waals surface area contributed by atoms with Crippen molar-refractivity contribution in [3.63, 3.8) is 0 Å². The number of imide groups is 1. The van der Waals surface area contributed by atoms with Crippen LogP contribution in [0.2, 0.25) is 10.0 Å². The number of nitrogens with one attached hydrogen (secondary N) is 2. The molecular weight excluding hydrogens is 1740 g/mol. The van der Waals surface area contributed by atoms with Crippen LogP contribution in [-0.4, -0.2) is 184 Å². The Bertz CT molecular complexity index is 5920. The summed E-state index contributed by atoms with van der Waals surface area (Å²) >= 11 is 12.1. The van der Waals surface area contributed by atoms with Crippen LogP contribution in [0.3, 0.4) is 0 Å². The number of Topliss-reactive ketones (excluding diaryl/α,β-unsaturated/α-hetero) is 1. The number of halogens is 2. The van der Waals surface area contributed by atoms with Crippen LogP contribution in [0.1, 0.15) is 170 Å². The van der Waals surface area contributed by atoms with Gasteiger partial charge in [-0.3, -0.25) is 29.3 Å². The molecule has 6 N–H and O–H groups in total. The molecule has 1 aliphatic heterocycles. The zero-order valence-electron chi connectivity index (χ0n) is 75.3. The maximum absolute atomic E-state index is 13.2. The van der Waals surface area contributed by atoms with E-state index < -0.39 is 68.8 Å². The van der Waals surface area contributed by atoms with E-state index in [9.17, 15) is 62.4 Å². The van der Waals surface area contributed by atoms with E-state index in [0.717, 1.165) is 143 Å². The molecule has 0 saturated carbocycles. The van der Waals surface area contributed by atoms with E-state index in [-0.39, 0.29) is 47.5 Å². The second-order valence-corrected chi connectivity index (χ2v) is 42.1. The summed E-state index contributed by atoms with van der Waals surface area (Å²) in [7, 11) is 5.51. The van der Waals surface area contributed by atoms with Gasteiger partial charge in [-0.05, 0) is 149 Å². The van der Waals surface area contributed by atoms with E-state index >= 15 is 0 Å². The lowest BCUT2D eigenvalue weighted by Gasteiger charge is -2.26. The number of amides is 4. The van der Waals surface area contributed by atoms with E-state index in [1.807, 2.05) is 185 Å². The number of benzene rings is 10. The zero-order chi connectivity index (χ0) is 93.9. The molecule has 10 aromatic carbocycles. The number of anilines is 4. The fourth-order valence-electron chi connectivity index (χ4n) is 15.3. The van der Waals surface area contributed by atoms with Gasteiger partial charge in [0, 0.05) is 178 Å². The molecule has 0 spiro atoms. The van der Waals surface area contributed by atoms with E-state index in [4.69, 9.17) is 39.1 Å². The number of carbonyl (C=O) groups excluding carboxylic acids is 4. The standard InChI is InChI=1S/C27H30ClN3O4S.C25H28ClNO3S.C21H30N2O3S.C19H25NO4S.C6H13NO2/c1-31(2)23-14-8-13-22-21(23)12-9-15-24(22)36(34,35)17-6-4-3-5-16-27(25(32)29-26(33)30-27)19-10-7-11-20(28)18-19;1-27(2)23-14-8-13-22-21(23)12-9-16-25(22)31(29,30)17-6-4-3-5-15-24(28)19-10-7-11-20(26)18-19;1-22(2)19-13-9-12-18-17(19)11-10-14-20(18)27(25,26)16-8-6-5-7-15-21(24)23(3)4;1-20(2)17-11-7-10-16-15(17)9-8-12-18(16)25(23,24)14-6-4-3-5-13-19(21)22;7-5-3-1-2-4-6(8)9/h7-15,18H,3-6,16-17H2,1-2H3,(H2,29,30,32,33);7-14,16,18H,3-6,15,17H2,1-2H3;9-14H,5-8,15-16H2,1-4H3;7-12H,3-6,13-14H2,1-2H3,(H,21,22);1-5,7H2,(H,8,9). The predicted octanol–water partition coefficient (Wildman–Crippen LogP) is 19.2. The number of carbonyl (C=O) groups is 6. The number of unbranched alkanes of at least 4 members (excludes halogenated alkanes) is 14. The molecule has 692 valence electrons. The molecule has 128 heavy (non-hydrogen) atoms. The van der Waals surface area contributed by atoms with Crippen molar-refractivity contribution >= 4 is 164 Å².